The number of phenols is 1. The van der Waals surface area contributed by atoms with Crippen LogP contribution >= 0.6 is 11.3 Å². The number of carbonyl (C=O) groups excluding carboxylic acids is 1. The molecule has 1 N–H and O–H groups in total. The molecule has 2 heterocycles. The van der Waals surface area contributed by atoms with Crippen molar-refractivity contribution in [2.75, 3.05) is 6.61 Å². The van der Waals surface area contributed by atoms with E-state index >= 15 is 0 Å². The molecule has 0 radical (unpaired) electrons. The Balaban J connectivity index is 1.91. The summed E-state index contributed by atoms with van der Waals surface area (Å²) in [6.07, 6.45) is 1.40. The molecule has 0 spiro atoms. The van der Waals surface area contributed by atoms with Gasteiger partial charge in [-0.3, -0.25) is 9.36 Å². The van der Waals surface area contributed by atoms with Crippen LogP contribution in [0.5, 0.6) is 11.5 Å². The summed E-state index contributed by atoms with van der Waals surface area (Å²) in [4.78, 5) is 31.8. The lowest BCUT2D eigenvalue weighted by atomic mass is 9.96. The second-order valence-electron chi connectivity index (χ2n) is 8.13. The van der Waals surface area contributed by atoms with Gasteiger partial charge in [-0.2, -0.15) is 0 Å². The molecule has 0 amide bonds. The predicted molar refractivity (Wildman–Crippen MR) is 131 cm³/mol. The average molecular weight is 479 g/mol. The molecule has 4 rings (SSSR count). The molecule has 0 aliphatic carbocycles. The number of carbonyl (C=O) groups is 1. The Labute approximate surface area is 200 Å². The van der Waals surface area contributed by atoms with Crippen molar-refractivity contribution < 1.29 is 19.4 Å². The molecule has 176 valence electrons. The lowest BCUT2D eigenvalue weighted by Gasteiger charge is -2.25. The van der Waals surface area contributed by atoms with Gasteiger partial charge in [0.1, 0.15) is 11.5 Å². The highest BCUT2D eigenvalue weighted by atomic mass is 32.1. The number of fused-ring (bicyclic) bond motifs is 1. The van der Waals surface area contributed by atoms with Crippen LogP contribution in [-0.4, -0.2) is 28.4 Å². The number of nitrogens with zero attached hydrogens (tertiary/aromatic N) is 2. The quantitative estimate of drug-likeness (QED) is 0.549. The number of rotatable bonds is 6. The van der Waals surface area contributed by atoms with Gasteiger partial charge in [0.15, 0.2) is 4.80 Å². The van der Waals surface area contributed by atoms with Crippen LogP contribution in [0, 0.1) is 0 Å². The first kappa shape index (κ1) is 23.5. The predicted octanol–water partition coefficient (Wildman–Crippen LogP) is 3.29. The molecule has 2 aromatic carbocycles. The molecule has 8 heteroatoms. The van der Waals surface area contributed by atoms with Gasteiger partial charge < -0.3 is 14.6 Å². The molecule has 1 aromatic heterocycles. The van der Waals surface area contributed by atoms with Crippen LogP contribution < -0.4 is 19.6 Å². The van der Waals surface area contributed by atoms with Crippen LogP contribution in [0.2, 0.25) is 0 Å². The normalized spacial score (nSPS) is 15.8. The SMILES string of the molecule is CCOc1ccc([C@@H]2C(C(=O)OC(C)C)=C(C)N=c3s/c(=C/c4cccc(O)c4)c(=O)n32)cc1. The van der Waals surface area contributed by atoms with Crippen molar-refractivity contribution in [1.82, 2.24) is 4.57 Å². The Hall–Kier alpha value is -3.65. The van der Waals surface area contributed by atoms with E-state index in [9.17, 15) is 14.7 Å². The van der Waals surface area contributed by atoms with Crippen molar-refractivity contribution in [2.24, 2.45) is 4.99 Å². The summed E-state index contributed by atoms with van der Waals surface area (Å²) >= 11 is 1.24. The first-order valence-electron chi connectivity index (χ1n) is 11.0. The van der Waals surface area contributed by atoms with Gasteiger partial charge >= 0.3 is 5.97 Å². The van der Waals surface area contributed by atoms with Crippen LogP contribution in [0.3, 0.4) is 0 Å². The standard InChI is InChI=1S/C26H26N2O5S/c1-5-32-20-11-9-18(10-12-20)23-22(25(31)33-15(2)3)16(4)27-26-28(23)24(30)21(34-26)14-17-7-6-8-19(29)13-17/h6-15,23,29H,5H2,1-4H3/b21-14+/t23-/m1/s1. The molecular formula is C26H26N2O5S. The van der Waals surface area contributed by atoms with E-state index in [1.165, 1.54) is 11.3 Å². The molecule has 0 saturated heterocycles. The Bertz CT molecular complexity index is 1430. The largest absolute Gasteiger partial charge is 0.508 e. The van der Waals surface area contributed by atoms with Crippen molar-refractivity contribution in [1.29, 1.82) is 0 Å². The van der Waals surface area contributed by atoms with Crippen molar-refractivity contribution >= 4 is 23.4 Å². The number of esters is 1. The van der Waals surface area contributed by atoms with E-state index in [0.29, 0.717) is 38.5 Å². The van der Waals surface area contributed by atoms with Crippen molar-refractivity contribution in [3.63, 3.8) is 0 Å². The van der Waals surface area contributed by atoms with Gasteiger partial charge in [0.05, 0.1) is 34.6 Å². The average Bonchev–Trinajstić information content (AvgIpc) is 3.07. The summed E-state index contributed by atoms with van der Waals surface area (Å²) < 4.78 is 13.1. The first-order valence-corrected chi connectivity index (χ1v) is 11.9. The fourth-order valence-corrected chi connectivity index (χ4v) is 4.90. The number of thiazole rings is 1. The molecule has 3 aromatic rings. The number of aromatic hydroxyl groups is 1. The summed E-state index contributed by atoms with van der Waals surface area (Å²) in [6, 6.07) is 13.3. The van der Waals surface area contributed by atoms with Crippen molar-refractivity contribution in [3.05, 3.63) is 90.6 Å². The van der Waals surface area contributed by atoms with Crippen LogP contribution in [-0.2, 0) is 9.53 Å². The lowest BCUT2D eigenvalue weighted by molar-refractivity contribution is -0.143. The van der Waals surface area contributed by atoms with Crippen LogP contribution in [0.25, 0.3) is 6.08 Å². The summed E-state index contributed by atoms with van der Waals surface area (Å²) in [5.74, 6) is 0.315. The molecule has 1 atom stereocenters. The number of hydrogen-bond donors (Lipinski definition) is 1. The van der Waals surface area contributed by atoms with E-state index in [1.807, 2.05) is 31.2 Å². The summed E-state index contributed by atoms with van der Waals surface area (Å²) in [5, 5.41) is 9.79. The number of hydrogen-bond acceptors (Lipinski definition) is 7. The van der Waals surface area contributed by atoms with E-state index in [-0.39, 0.29) is 17.4 Å². The Kier molecular flexibility index (Phi) is 6.70. The van der Waals surface area contributed by atoms with Crippen molar-refractivity contribution in [2.45, 2.75) is 39.8 Å². The third kappa shape index (κ3) is 4.68. The summed E-state index contributed by atoms with van der Waals surface area (Å²) in [5.41, 5.74) is 2.01. The maximum atomic E-state index is 13.6. The number of aromatic nitrogens is 1. The van der Waals surface area contributed by atoms with E-state index in [4.69, 9.17) is 9.47 Å². The number of ether oxygens (including phenoxy) is 2. The molecule has 1 aliphatic heterocycles. The van der Waals surface area contributed by atoms with Crippen LogP contribution in [0.15, 0.2) is 69.6 Å². The zero-order chi connectivity index (χ0) is 24.4. The smallest absolute Gasteiger partial charge is 0.338 e. The Morgan fingerprint density at radius 3 is 2.62 bits per heavy atom. The van der Waals surface area contributed by atoms with Gasteiger partial charge in [-0.1, -0.05) is 35.6 Å². The second kappa shape index (κ2) is 9.69. The summed E-state index contributed by atoms with van der Waals surface area (Å²) in [7, 11) is 0. The van der Waals surface area contributed by atoms with Gasteiger partial charge in [-0.15, -0.1) is 0 Å². The lowest BCUT2D eigenvalue weighted by Crippen LogP contribution is -2.40. The van der Waals surface area contributed by atoms with E-state index in [1.54, 1.807) is 55.7 Å². The highest BCUT2D eigenvalue weighted by Gasteiger charge is 2.33. The van der Waals surface area contributed by atoms with Gasteiger partial charge in [-0.25, -0.2) is 9.79 Å². The second-order valence-corrected chi connectivity index (χ2v) is 9.14. The highest BCUT2D eigenvalue weighted by Crippen LogP contribution is 2.32. The first-order chi connectivity index (χ1) is 16.3. The Morgan fingerprint density at radius 1 is 1.24 bits per heavy atom. The maximum Gasteiger partial charge on any atom is 0.338 e. The van der Waals surface area contributed by atoms with E-state index in [2.05, 4.69) is 4.99 Å². The monoisotopic (exact) mass is 478 g/mol. The van der Waals surface area contributed by atoms with E-state index < -0.39 is 12.0 Å². The third-order valence-electron chi connectivity index (χ3n) is 5.26. The minimum atomic E-state index is -0.690. The van der Waals surface area contributed by atoms with E-state index in [0.717, 1.165) is 5.56 Å². The van der Waals surface area contributed by atoms with Crippen molar-refractivity contribution in [3.8, 4) is 11.5 Å². The third-order valence-corrected chi connectivity index (χ3v) is 6.24. The van der Waals surface area contributed by atoms with Crippen LogP contribution in [0.4, 0.5) is 0 Å². The minimum absolute atomic E-state index is 0.114. The van der Waals surface area contributed by atoms with Gasteiger partial charge in [0.2, 0.25) is 0 Å². The molecule has 34 heavy (non-hydrogen) atoms. The highest BCUT2D eigenvalue weighted by molar-refractivity contribution is 7.07. The fourth-order valence-electron chi connectivity index (χ4n) is 3.85. The molecule has 0 unspecified atom stereocenters. The summed E-state index contributed by atoms with van der Waals surface area (Å²) in [6.45, 7) is 7.76. The molecule has 7 nitrogen and oxygen atoms in total. The Morgan fingerprint density at radius 2 is 1.97 bits per heavy atom. The number of allylic oxidation sites excluding steroid dienone is 1. The maximum absolute atomic E-state index is 13.6. The molecule has 0 saturated carbocycles. The fraction of sp³-hybridized carbons (Fsp3) is 0.269. The molecule has 0 fully saturated rings. The van der Waals surface area contributed by atoms with Gasteiger partial charge in [0, 0.05) is 0 Å². The molecular weight excluding hydrogens is 452 g/mol. The zero-order valence-electron chi connectivity index (χ0n) is 19.4. The van der Waals surface area contributed by atoms with Crippen LogP contribution in [0.1, 0.15) is 44.9 Å². The molecule has 1 aliphatic rings. The van der Waals surface area contributed by atoms with Gasteiger partial charge in [-0.05, 0) is 69.2 Å². The number of benzene rings is 2. The topological polar surface area (TPSA) is 90.1 Å². The minimum Gasteiger partial charge on any atom is -0.508 e. The number of phenolic OH excluding ortho intramolecular Hbond substituents is 1. The van der Waals surface area contributed by atoms with Gasteiger partial charge in [0.25, 0.3) is 5.56 Å². The molecule has 0 bridgehead atoms. The zero-order valence-corrected chi connectivity index (χ0v) is 20.3.